The number of hydrogen-bond acceptors (Lipinski definition) is 5. The van der Waals surface area contributed by atoms with Gasteiger partial charge in [0.15, 0.2) is 6.61 Å². The van der Waals surface area contributed by atoms with E-state index in [0.717, 1.165) is 5.56 Å². The lowest BCUT2D eigenvalue weighted by atomic mass is 10.1. The fraction of sp³-hybridized carbons (Fsp3) is 0.357. The molecule has 1 unspecified atom stereocenters. The van der Waals surface area contributed by atoms with Crippen molar-refractivity contribution in [2.45, 2.75) is 19.1 Å². The predicted molar refractivity (Wildman–Crippen MR) is 75.1 cm³/mol. The Kier molecular flexibility index (Phi) is 4.87. The second-order valence-electron chi connectivity index (χ2n) is 4.83. The number of aliphatic carboxylic acids is 1. The standard InChI is InChI=1S/C14H14F3N3O3/c1-9(20-5-4-11(13(21)22)19-8-20)10-2-3-12(18-6-10)23-7-14(15,16)17/h2-6,9H,7-8H2,1H3,(H,21,22). The summed E-state index contributed by atoms with van der Waals surface area (Å²) in [6.07, 6.45) is -0.00150. The molecular formula is C14H14F3N3O3. The van der Waals surface area contributed by atoms with E-state index in [1.807, 2.05) is 6.92 Å². The van der Waals surface area contributed by atoms with Gasteiger partial charge in [0.25, 0.3) is 0 Å². The number of rotatable bonds is 5. The molecule has 1 atom stereocenters. The smallest absolute Gasteiger partial charge is 0.422 e. The van der Waals surface area contributed by atoms with Crippen LogP contribution in [0.3, 0.4) is 0 Å². The highest BCUT2D eigenvalue weighted by Crippen LogP contribution is 2.23. The number of hydrogen-bond donors (Lipinski definition) is 1. The van der Waals surface area contributed by atoms with Crippen molar-refractivity contribution in [2.75, 3.05) is 13.3 Å². The second-order valence-corrected chi connectivity index (χ2v) is 4.83. The summed E-state index contributed by atoms with van der Waals surface area (Å²) in [5.41, 5.74) is 0.713. The van der Waals surface area contributed by atoms with Gasteiger partial charge in [-0.3, -0.25) is 4.99 Å². The third kappa shape index (κ3) is 4.70. The van der Waals surface area contributed by atoms with Crippen LogP contribution in [-0.4, -0.2) is 46.1 Å². The van der Waals surface area contributed by atoms with E-state index in [1.165, 1.54) is 18.3 Å². The number of aromatic nitrogens is 1. The third-order valence-electron chi connectivity index (χ3n) is 3.17. The number of ether oxygens (including phenoxy) is 1. The van der Waals surface area contributed by atoms with Crippen molar-refractivity contribution in [3.63, 3.8) is 0 Å². The molecule has 1 aromatic rings. The molecule has 0 spiro atoms. The zero-order valence-corrected chi connectivity index (χ0v) is 12.1. The number of aliphatic imine (C=N–C) groups is 1. The van der Waals surface area contributed by atoms with Gasteiger partial charge in [0.2, 0.25) is 5.88 Å². The highest BCUT2D eigenvalue weighted by molar-refractivity contribution is 6.40. The number of halogens is 3. The summed E-state index contributed by atoms with van der Waals surface area (Å²) in [5, 5.41) is 8.81. The topological polar surface area (TPSA) is 75.0 Å². The van der Waals surface area contributed by atoms with E-state index in [9.17, 15) is 18.0 Å². The number of alkyl halides is 3. The van der Waals surface area contributed by atoms with Crippen LogP contribution in [0.25, 0.3) is 0 Å². The summed E-state index contributed by atoms with van der Waals surface area (Å²) >= 11 is 0. The summed E-state index contributed by atoms with van der Waals surface area (Å²) in [4.78, 5) is 20.3. The molecule has 0 saturated heterocycles. The zero-order chi connectivity index (χ0) is 17.0. The highest BCUT2D eigenvalue weighted by atomic mass is 19.4. The quantitative estimate of drug-likeness (QED) is 0.898. The Balaban J connectivity index is 1.97. The molecule has 0 fully saturated rings. The third-order valence-corrected chi connectivity index (χ3v) is 3.17. The minimum Gasteiger partial charge on any atom is -0.477 e. The number of carbonyl (C=O) groups is 1. The first-order valence-electron chi connectivity index (χ1n) is 6.63. The molecule has 124 valence electrons. The maximum atomic E-state index is 12.1. The second kappa shape index (κ2) is 6.67. The van der Waals surface area contributed by atoms with E-state index in [1.54, 1.807) is 17.2 Å². The monoisotopic (exact) mass is 329 g/mol. The van der Waals surface area contributed by atoms with Crippen molar-refractivity contribution in [3.05, 3.63) is 36.2 Å². The zero-order valence-electron chi connectivity index (χ0n) is 12.1. The fourth-order valence-corrected chi connectivity index (χ4v) is 1.89. The summed E-state index contributed by atoms with van der Waals surface area (Å²) in [6.45, 7) is 0.626. The Labute approximate surface area is 129 Å². The van der Waals surface area contributed by atoms with E-state index in [-0.39, 0.29) is 24.3 Å². The molecule has 2 heterocycles. The molecule has 6 nitrogen and oxygen atoms in total. The highest BCUT2D eigenvalue weighted by Gasteiger charge is 2.28. The van der Waals surface area contributed by atoms with Crippen LogP contribution in [0.2, 0.25) is 0 Å². The molecule has 0 bridgehead atoms. The summed E-state index contributed by atoms with van der Waals surface area (Å²) in [6, 6.07) is 2.79. The van der Waals surface area contributed by atoms with Gasteiger partial charge in [-0.15, -0.1) is 0 Å². The molecule has 1 aliphatic rings. The van der Waals surface area contributed by atoms with Crippen molar-refractivity contribution in [1.82, 2.24) is 9.88 Å². The lowest BCUT2D eigenvalue weighted by Gasteiger charge is -2.28. The van der Waals surface area contributed by atoms with E-state index in [4.69, 9.17) is 5.11 Å². The number of carboxylic acid groups (broad SMARTS) is 1. The summed E-state index contributed by atoms with van der Waals surface area (Å²) in [5.74, 6) is -1.21. The Morgan fingerprint density at radius 1 is 1.48 bits per heavy atom. The molecule has 0 aromatic carbocycles. The fourth-order valence-electron chi connectivity index (χ4n) is 1.89. The molecule has 2 rings (SSSR count). The first kappa shape index (κ1) is 16.8. The maximum absolute atomic E-state index is 12.1. The van der Waals surface area contributed by atoms with Gasteiger partial charge >= 0.3 is 12.1 Å². The Morgan fingerprint density at radius 2 is 2.22 bits per heavy atom. The van der Waals surface area contributed by atoms with E-state index in [2.05, 4.69) is 14.7 Å². The van der Waals surface area contributed by atoms with Gasteiger partial charge in [0, 0.05) is 18.5 Å². The molecule has 1 aromatic heterocycles. The van der Waals surface area contributed by atoms with E-state index in [0.29, 0.717) is 0 Å². The minimum absolute atomic E-state index is 0.0255. The van der Waals surface area contributed by atoms with Crippen LogP contribution in [0.5, 0.6) is 5.88 Å². The summed E-state index contributed by atoms with van der Waals surface area (Å²) in [7, 11) is 0. The van der Waals surface area contributed by atoms with E-state index < -0.39 is 18.8 Å². The molecule has 0 amide bonds. The van der Waals surface area contributed by atoms with Crippen LogP contribution < -0.4 is 4.74 Å². The van der Waals surface area contributed by atoms with Gasteiger partial charge in [-0.25, -0.2) is 9.78 Å². The lowest BCUT2D eigenvalue weighted by molar-refractivity contribution is -0.154. The lowest BCUT2D eigenvalue weighted by Crippen LogP contribution is -2.27. The van der Waals surface area contributed by atoms with Gasteiger partial charge in [-0.05, 0) is 18.6 Å². The predicted octanol–water partition coefficient (Wildman–Crippen LogP) is 2.40. The molecule has 23 heavy (non-hydrogen) atoms. The Bertz CT molecular complexity index is 626. The molecule has 0 aliphatic carbocycles. The average molecular weight is 329 g/mol. The van der Waals surface area contributed by atoms with Crippen LogP contribution in [0.15, 0.2) is 35.6 Å². The van der Waals surface area contributed by atoms with Crippen molar-refractivity contribution < 1.29 is 27.8 Å². The van der Waals surface area contributed by atoms with Crippen LogP contribution in [0.4, 0.5) is 13.2 Å². The largest absolute Gasteiger partial charge is 0.477 e. The Morgan fingerprint density at radius 3 is 2.70 bits per heavy atom. The first-order chi connectivity index (χ1) is 10.8. The van der Waals surface area contributed by atoms with Gasteiger partial charge in [0.1, 0.15) is 12.4 Å². The van der Waals surface area contributed by atoms with Gasteiger partial charge in [-0.2, -0.15) is 13.2 Å². The van der Waals surface area contributed by atoms with Crippen LogP contribution in [0.1, 0.15) is 18.5 Å². The van der Waals surface area contributed by atoms with Crippen LogP contribution >= 0.6 is 0 Å². The van der Waals surface area contributed by atoms with Crippen molar-refractivity contribution in [3.8, 4) is 5.88 Å². The van der Waals surface area contributed by atoms with Crippen molar-refractivity contribution >= 4 is 11.7 Å². The van der Waals surface area contributed by atoms with Gasteiger partial charge in [0.05, 0.1) is 6.04 Å². The number of nitrogens with zero attached hydrogens (tertiary/aromatic N) is 3. The van der Waals surface area contributed by atoms with Crippen molar-refractivity contribution in [1.29, 1.82) is 0 Å². The van der Waals surface area contributed by atoms with Gasteiger partial charge in [-0.1, -0.05) is 6.07 Å². The Hall–Kier alpha value is -2.58. The summed E-state index contributed by atoms with van der Waals surface area (Å²) < 4.78 is 40.7. The SMILES string of the molecule is CC(c1ccc(OCC(F)(F)F)nc1)N1C=CC(C(=O)O)=NC1. The minimum atomic E-state index is -4.41. The molecule has 9 heteroatoms. The van der Waals surface area contributed by atoms with E-state index >= 15 is 0 Å². The number of carboxylic acids is 1. The van der Waals surface area contributed by atoms with Crippen LogP contribution in [0, 0.1) is 0 Å². The van der Waals surface area contributed by atoms with Crippen molar-refractivity contribution in [2.24, 2.45) is 4.99 Å². The number of pyridine rings is 1. The molecule has 1 N–H and O–H groups in total. The van der Waals surface area contributed by atoms with Crippen LogP contribution in [-0.2, 0) is 4.79 Å². The van der Waals surface area contributed by atoms with Gasteiger partial charge < -0.3 is 14.7 Å². The maximum Gasteiger partial charge on any atom is 0.422 e. The normalized spacial score (nSPS) is 16.0. The average Bonchev–Trinajstić information content (AvgIpc) is 2.52. The molecule has 0 saturated carbocycles. The molecular weight excluding hydrogens is 315 g/mol. The molecule has 1 aliphatic heterocycles. The first-order valence-corrected chi connectivity index (χ1v) is 6.63. The molecule has 0 radical (unpaired) electrons.